The molecule has 1 amide bonds. The SMILES string of the molecule is COc1ccc(CCn2c(C)cc(C(=O)COC(=O)CNC(=O)c3ccccc3OC)c2C)cc1. The van der Waals surface area contributed by atoms with E-state index in [1.165, 1.54) is 7.11 Å². The maximum Gasteiger partial charge on any atom is 0.325 e. The lowest BCUT2D eigenvalue weighted by Crippen LogP contribution is -2.31. The van der Waals surface area contributed by atoms with Crippen LogP contribution in [-0.2, 0) is 22.5 Å². The summed E-state index contributed by atoms with van der Waals surface area (Å²) in [4.78, 5) is 37.1. The van der Waals surface area contributed by atoms with E-state index in [9.17, 15) is 14.4 Å². The standard InChI is InChI=1S/C27H30N2O6/c1-18-15-23(19(2)29(18)14-13-20-9-11-21(33-3)12-10-20)24(30)17-35-26(31)16-28-27(32)22-7-5-6-8-25(22)34-4/h5-12,15H,13-14,16-17H2,1-4H3,(H,28,32). The van der Waals surface area contributed by atoms with Gasteiger partial charge in [-0.15, -0.1) is 0 Å². The third kappa shape index (κ3) is 6.50. The van der Waals surface area contributed by atoms with Crippen LogP contribution < -0.4 is 14.8 Å². The van der Waals surface area contributed by atoms with Crippen molar-refractivity contribution in [2.45, 2.75) is 26.8 Å². The number of hydrogen-bond donors (Lipinski definition) is 1. The van der Waals surface area contributed by atoms with Crippen LogP contribution in [0.5, 0.6) is 11.5 Å². The van der Waals surface area contributed by atoms with Gasteiger partial charge in [0, 0.05) is 23.5 Å². The number of nitrogens with one attached hydrogen (secondary N) is 1. The van der Waals surface area contributed by atoms with Gasteiger partial charge in [0.15, 0.2) is 6.61 Å². The Morgan fingerprint density at radius 1 is 0.914 bits per heavy atom. The first-order valence-electron chi connectivity index (χ1n) is 11.2. The Balaban J connectivity index is 1.52. The van der Waals surface area contributed by atoms with Gasteiger partial charge in [0.25, 0.3) is 5.91 Å². The zero-order valence-electron chi connectivity index (χ0n) is 20.4. The highest BCUT2D eigenvalue weighted by Crippen LogP contribution is 2.19. The predicted octanol–water partition coefficient (Wildman–Crippen LogP) is 3.52. The molecule has 0 radical (unpaired) electrons. The van der Waals surface area contributed by atoms with Gasteiger partial charge in [-0.25, -0.2) is 0 Å². The molecule has 1 heterocycles. The van der Waals surface area contributed by atoms with E-state index in [4.69, 9.17) is 14.2 Å². The average molecular weight is 479 g/mol. The zero-order chi connectivity index (χ0) is 25.4. The molecule has 8 heteroatoms. The minimum Gasteiger partial charge on any atom is -0.497 e. The van der Waals surface area contributed by atoms with Gasteiger partial charge in [-0.1, -0.05) is 24.3 Å². The minimum absolute atomic E-state index is 0.293. The summed E-state index contributed by atoms with van der Waals surface area (Å²) in [6.07, 6.45) is 0.800. The smallest absolute Gasteiger partial charge is 0.325 e. The molecule has 0 spiro atoms. The second kappa shape index (κ2) is 11.9. The average Bonchev–Trinajstić information content (AvgIpc) is 3.17. The molecule has 8 nitrogen and oxygen atoms in total. The summed E-state index contributed by atoms with van der Waals surface area (Å²) < 4.78 is 17.5. The molecule has 3 rings (SSSR count). The molecule has 0 bridgehead atoms. The Labute approximate surface area is 204 Å². The number of carbonyl (C=O) groups is 3. The molecule has 0 saturated heterocycles. The molecule has 0 aliphatic carbocycles. The lowest BCUT2D eigenvalue weighted by atomic mass is 10.1. The number of para-hydroxylation sites is 1. The zero-order valence-corrected chi connectivity index (χ0v) is 20.4. The number of ketones is 1. The Kier molecular flexibility index (Phi) is 8.67. The number of nitrogens with zero attached hydrogens (tertiary/aromatic N) is 1. The van der Waals surface area contributed by atoms with Gasteiger partial charge in [-0.2, -0.15) is 0 Å². The van der Waals surface area contributed by atoms with Crippen LogP contribution in [0, 0.1) is 13.8 Å². The fraction of sp³-hybridized carbons (Fsp3) is 0.296. The van der Waals surface area contributed by atoms with E-state index in [1.54, 1.807) is 31.4 Å². The first-order valence-corrected chi connectivity index (χ1v) is 11.2. The number of rotatable bonds is 11. The van der Waals surface area contributed by atoms with Gasteiger partial charge in [0.05, 0.1) is 19.8 Å². The first kappa shape index (κ1) is 25.6. The van der Waals surface area contributed by atoms with Crippen LogP contribution in [0.1, 0.15) is 37.7 Å². The fourth-order valence-electron chi connectivity index (χ4n) is 3.82. The summed E-state index contributed by atoms with van der Waals surface area (Å²) in [7, 11) is 3.09. The van der Waals surface area contributed by atoms with Crippen LogP contribution in [0.15, 0.2) is 54.6 Å². The number of carbonyl (C=O) groups excluding carboxylic acids is 3. The lowest BCUT2D eigenvalue weighted by molar-refractivity contribution is -0.141. The van der Waals surface area contributed by atoms with Crippen molar-refractivity contribution in [3.8, 4) is 11.5 Å². The Hall–Kier alpha value is -4.07. The highest BCUT2D eigenvalue weighted by atomic mass is 16.5. The maximum atomic E-state index is 12.7. The van der Waals surface area contributed by atoms with Crippen LogP contribution in [0.4, 0.5) is 0 Å². The molecule has 3 aromatic rings. The summed E-state index contributed by atoms with van der Waals surface area (Å²) in [5, 5.41) is 2.48. The van der Waals surface area contributed by atoms with E-state index < -0.39 is 18.5 Å². The Morgan fingerprint density at radius 3 is 2.31 bits per heavy atom. The molecular formula is C27H30N2O6. The number of aryl methyl sites for hydroxylation is 2. The topological polar surface area (TPSA) is 95.9 Å². The molecule has 0 aliphatic heterocycles. The number of amides is 1. The van der Waals surface area contributed by atoms with Gasteiger partial charge in [-0.3, -0.25) is 14.4 Å². The van der Waals surface area contributed by atoms with Crippen LogP contribution >= 0.6 is 0 Å². The van der Waals surface area contributed by atoms with E-state index in [-0.39, 0.29) is 12.3 Å². The highest BCUT2D eigenvalue weighted by molar-refractivity contribution is 6.00. The van der Waals surface area contributed by atoms with Crippen LogP contribution in [-0.4, -0.2) is 49.6 Å². The third-order valence-corrected chi connectivity index (χ3v) is 5.77. The summed E-state index contributed by atoms with van der Waals surface area (Å²) in [6, 6.07) is 16.4. The van der Waals surface area contributed by atoms with Crippen molar-refractivity contribution in [3.05, 3.63) is 82.7 Å². The van der Waals surface area contributed by atoms with E-state index in [1.807, 2.05) is 44.2 Å². The maximum absolute atomic E-state index is 12.7. The van der Waals surface area contributed by atoms with E-state index in [0.29, 0.717) is 23.4 Å². The molecule has 0 atom stereocenters. The minimum atomic E-state index is -0.699. The number of ether oxygens (including phenoxy) is 3. The van der Waals surface area contributed by atoms with Crippen molar-refractivity contribution in [1.29, 1.82) is 0 Å². The number of aromatic nitrogens is 1. The summed E-state index contributed by atoms with van der Waals surface area (Å²) >= 11 is 0. The van der Waals surface area contributed by atoms with Crippen LogP contribution in [0.2, 0.25) is 0 Å². The monoisotopic (exact) mass is 478 g/mol. The molecule has 35 heavy (non-hydrogen) atoms. The highest BCUT2D eigenvalue weighted by Gasteiger charge is 2.18. The molecule has 0 saturated carbocycles. The molecule has 184 valence electrons. The molecule has 1 aromatic heterocycles. The van der Waals surface area contributed by atoms with Gasteiger partial charge >= 0.3 is 5.97 Å². The number of benzene rings is 2. The lowest BCUT2D eigenvalue weighted by Gasteiger charge is -2.11. The Bertz CT molecular complexity index is 1200. The summed E-state index contributed by atoms with van der Waals surface area (Å²) in [6.45, 7) is 3.78. The summed E-state index contributed by atoms with van der Waals surface area (Å²) in [5.41, 5.74) is 3.76. The van der Waals surface area contributed by atoms with E-state index in [2.05, 4.69) is 9.88 Å². The molecule has 0 aliphatic rings. The first-order chi connectivity index (χ1) is 16.8. The predicted molar refractivity (Wildman–Crippen MR) is 131 cm³/mol. The molecule has 0 fully saturated rings. The third-order valence-electron chi connectivity index (χ3n) is 5.77. The Morgan fingerprint density at radius 2 is 1.63 bits per heavy atom. The molecule has 2 aromatic carbocycles. The van der Waals surface area contributed by atoms with Crippen molar-refractivity contribution in [2.75, 3.05) is 27.4 Å². The number of Topliss-reactive ketones (excluding diaryl/α,β-unsaturated/α-hetero) is 1. The number of esters is 1. The van der Waals surface area contributed by atoms with Crippen LogP contribution in [0.3, 0.4) is 0 Å². The van der Waals surface area contributed by atoms with Crippen molar-refractivity contribution < 1.29 is 28.6 Å². The van der Waals surface area contributed by atoms with Crippen LogP contribution in [0.25, 0.3) is 0 Å². The normalized spacial score (nSPS) is 10.5. The fourth-order valence-corrected chi connectivity index (χ4v) is 3.82. The number of methoxy groups -OCH3 is 2. The van der Waals surface area contributed by atoms with Gasteiger partial charge in [0.1, 0.15) is 18.0 Å². The van der Waals surface area contributed by atoms with E-state index in [0.717, 1.165) is 29.1 Å². The molecule has 1 N–H and O–H groups in total. The molecule has 0 unspecified atom stereocenters. The van der Waals surface area contributed by atoms with Gasteiger partial charge < -0.3 is 24.1 Å². The second-order valence-corrected chi connectivity index (χ2v) is 8.00. The van der Waals surface area contributed by atoms with Gasteiger partial charge in [-0.05, 0) is 56.2 Å². The number of hydrogen-bond acceptors (Lipinski definition) is 6. The quantitative estimate of drug-likeness (QED) is 0.335. The second-order valence-electron chi connectivity index (χ2n) is 8.00. The molecular weight excluding hydrogens is 448 g/mol. The summed E-state index contributed by atoms with van der Waals surface area (Å²) in [5.74, 6) is -0.251. The van der Waals surface area contributed by atoms with Gasteiger partial charge in [0.2, 0.25) is 5.78 Å². The van der Waals surface area contributed by atoms with Crippen molar-refractivity contribution in [3.63, 3.8) is 0 Å². The van der Waals surface area contributed by atoms with E-state index >= 15 is 0 Å². The van der Waals surface area contributed by atoms with Crippen molar-refractivity contribution >= 4 is 17.7 Å². The van der Waals surface area contributed by atoms with Crippen molar-refractivity contribution in [1.82, 2.24) is 9.88 Å². The van der Waals surface area contributed by atoms with Crippen molar-refractivity contribution in [2.24, 2.45) is 0 Å². The largest absolute Gasteiger partial charge is 0.497 e.